The van der Waals surface area contributed by atoms with Gasteiger partial charge in [0.1, 0.15) is 11.6 Å². The van der Waals surface area contributed by atoms with Crippen molar-refractivity contribution in [3.05, 3.63) is 125 Å². The topological polar surface area (TPSA) is 96.7 Å². The van der Waals surface area contributed by atoms with Crippen LogP contribution in [-0.4, -0.2) is 77.0 Å². The monoisotopic (exact) mass is 742 g/mol. The highest BCUT2D eigenvalue weighted by Crippen LogP contribution is 2.43. The van der Waals surface area contributed by atoms with Crippen LogP contribution in [0.25, 0.3) is 11.3 Å². The lowest BCUT2D eigenvalue weighted by Crippen LogP contribution is -2.47. The standard InChI is InChI=1S/C44H43FN4O6/c45-31-8-5-9-34(23-31)49(32-11-13-35(50)14-12-32)44(52)38-24-40(47-16-4-3-10-39(38)47)36-25-41-42(55-28-54-41)26-37(36)43(51)48-27-30-7-2-1-6-29(30)22-33(48)15-17-46-18-20-53-21-19-46/h1-2,5-9,11-14,23-26,33,50H,3-4,10,15-22,27-28H2/t33-/m1/s1. The number of carbonyl (C=O) groups is 2. The Balaban J connectivity index is 1.13. The van der Waals surface area contributed by atoms with E-state index in [0.717, 1.165) is 75.5 Å². The fourth-order valence-electron chi connectivity index (χ4n) is 8.53. The largest absolute Gasteiger partial charge is 0.508 e. The molecule has 1 fully saturated rings. The fourth-order valence-corrected chi connectivity index (χ4v) is 8.53. The van der Waals surface area contributed by atoms with Crippen LogP contribution in [0, 0.1) is 5.82 Å². The van der Waals surface area contributed by atoms with Gasteiger partial charge in [0, 0.05) is 61.4 Å². The highest BCUT2D eigenvalue weighted by Gasteiger charge is 2.35. The second-order valence-electron chi connectivity index (χ2n) is 14.7. The predicted molar refractivity (Wildman–Crippen MR) is 206 cm³/mol. The van der Waals surface area contributed by atoms with Crippen molar-refractivity contribution in [2.75, 3.05) is 44.5 Å². The summed E-state index contributed by atoms with van der Waals surface area (Å²) in [5.74, 6) is 0.210. The summed E-state index contributed by atoms with van der Waals surface area (Å²) >= 11 is 0. The molecule has 0 bridgehead atoms. The second kappa shape index (κ2) is 14.9. The number of amides is 2. The van der Waals surface area contributed by atoms with Gasteiger partial charge in [0.25, 0.3) is 11.8 Å². The summed E-state index contributed by atoms with van der Waals surface area (Å²) in [6, 6.07) is 26.1. The number of phenolic OH excluding ortho intramolecular Hbond substituents is 1. The number of ether oxygens (including phenoxy) is 3. The molecule has 55 heavy (non-hydrogen) atoms. The highest BCUT2D eigenvalue weighted by atomic mass is 19.1. The van der Waals surface area contributed by atoms with Gasteiger partial charge in [0.2, 0.25) is 6.79 Å². The zero-order valence-corrected chi connectivity index (χ0v) is 30.6. The van der Waals surface area contributed by atoms with Crippen LogP contribution in [0.3, 0.4) is 0 Å². The average Bonchev–Trinajstić information content (AvgIpc) is 3.85. The molecular formula is C44H43FN4O6. The Morgan fingerprint density at radius 2 is 1.60 bits per heavy atom. The van der Waals surface area contributed by atoms with Gasteiger partial charge in [-0.3, -0.25) is 19.4 Å². The van der Waals surface area contributed by atoms with Gasteiger partial charge in [-0.1, -0.05) is 30.3 Å². The minimum absolute atomic E-state index is 0.0213. The molecule has 11 heteroatoms. The Kier molecular flexibility index (Phi) is 9.49. The van der Waals surface area contributed by atoms with Crippen molar-refractivity contribution in [2.24, 2.45) is 0 Å². The molecule has 282 valence electrons. The Morgan fingerprint density at radius 1 is 0.818 bits per heavy atom. The van der Waals surface area contributed by atoms with E-state index < -0.39 is 5.82 Å². The normalized spacial score (nSPS) is 17.8. The molecule has 0 unspecified atom stereocenters. The number of aromatic hydroxyl groups is 1. The first-order chi connectivity index (χ1) is 26.9. The molecule has 5 heterocycles. The smallest absolute Gasteiger partial charge is 0.264 e. The van der Waals surface area contributed by atoms with E-state index in [4.69, 9.17) is 14.2 Å². The third-order valence-electron chi connectivity index (χ3n) is 11.4. The molecule has 2 amide bonds. The van der Waals surface area contributed by atoms with Gasteiger partial charge in [-0.05, 0) is 104 Å². The minimum Gasteiger partial charge on any atom is -0.508 e. The van der Waals surface area contributed by atoms with E-state index in [-0.39, 0.29) is 30.4 Å². The van der Waals surface area contributed by atoms with Crippen molar-refractivity contribution in [1.29, 1.82) is 0 Å². The lowest BCUT2D eigenvalue weighted by Gasteiger charge is -2.39. The zero-order valence-electron chi connectivity index (χ0n) is 30.6. The van der Waals surface area contributed by atoms with Gasteiger partial charge in [-0.25, -0.2) is 4.39 Å². The number of hydrogen-bond donors (Lipinski definition) is 1. The van der Waals surface area contributed by atoms with Crippen LogP contribution in [0.5, 0.6) is 17.2 Å². The van der Waals surface area contributed by atoms with Crippen LogP contribution in [0.2, 0.25) is 0 Å². The van der Waals surface area contributed by atoms with Crippen LogP contribution in [0.4, 0.5) is 15.8 Å². The molecule has 1 N–H and O–H groups in total. The van der Waals surface area contributed by atoms with E-state index >= 15 is 4.79 Å². The van der Waals surface area contributed by atoms with E-state index in [9.17, 15) is 14.3 Å². The van der Waals surface area contributed by atoms with Gasteiger partial charge in [0.05, 0.1) is 30.0 Å². The molecule has 4 aromatic carbocycles. The molecule has 0 radical (unpaired) electrons. The van der Waals surface area contributed by atoms with Crippen LogP contribution < -0.4 is 14.4 Å². The van der Waals surface area contributed by atoms with E-state index in [0.29, 0.717) is 59.1 Å². The van der Waals surface area contributed by atoms with Gasteiger partial charge in [-0.2, -0.15) is 0 Å². The first kappa shape index (κ1) is 35.1. The number of halogens is 1. The van der Waals surface area contributed by atoms with Crippen LogP contribution in [0.15, 0.2) is 91.0 Å². The quantitative estimate of drug-likeness (QED) is 0.178. The highest BCUT2D eigenvalue weighted by molar-refractivity contribution is 6.12. The average molecular weight is 743 g/mol. The molecule has 4 aliphatic heterocycles. The van der Waals surface area contributed by atoms with Crippen molar-refractivity contribution in [3.63, 3.8) is 0 Å². The Morgan fingerprint density at radius 3 is 2.40 bits per heavy atom. The molecule has 1 atom stereocenters. The third-order valence-corrected chi connectivity index (χ3v) is 11.4. The summed E-state index contributed by atoms with van der Waals surface area (Å²) in [7, 11) is 0. The summed E-state index contributed by atoms with van der Waals surface area (Å²) in [6.45, 7) is 5.28. The van der Waals surface area contributed by atoms with Crippen LogP contribution in [0.1, 0.15) is 56.8 Å². The third kappa shape index (κ3) is 6.83. The summed E-state index contributed by atoms with van der Waals surface area (Å²) in [6.07, 6.45) is 4.06. The van der Waals surface area contributed by atoms with E-state index in [1.807, 2.05) is 23.1 Å². The SMILES string of the molecule is O=C(c1cc(-c2cc3c(cc2C(=O)N2Cc4ccccc4C[C@H]2CCN2CCOCC2)OCO3)n2c1CCCC2)N(c1ccc(O)cc1)c1cccc(F)c1. The maximum Gasteiger partial charge on any atom is 0.264 e. The van der Waals surface area contributed by atoms with Crippen molar-refractivity contribution in [1.82, 2.24) is 14.4 Å². The molecule has 9 rings (SSSR count). The van der Waals surface area contributed by atoms with E-state index in [1.54, 1.807) is 30.3 Å². The number of carbonyl (C=O) groups excluding carboxylic acids is 2. The summed E-state index contributed by atoms with van der Waals surface area (Å²) in [5.41, 5.74) is 6.49. The van der Waals surface area contributed by atoms with E-state index in [2.05, 4.69) is 27.7 Å². The molecule has 1 saturated heterocycles. The fraction of sp³-hybridized carbons (Fsp3) is 0.318. The molecule has 0 saturated carbocycles. The number of fused-ring (bicyclic) bond motifs is 3. The molecule has 0 spiro atoms. The van der Waals surface area contributed by atoms with Crippen molar-refractivity contribution < 1.29 is 33.3 Å². The predicted octanol–water partition coefficient (Wildman–Crippen LogP) is 7.33. The molecular weight excluding hydrogens is 700 g/mol. The summed E-state index contributed by atoms with van der Waals surface area (Å²) in [4.78, 5) is 35.9. The Labute approximate surface area is 319 Å². The molecule has 0 aliphatic carbocycles. The molecule has 4 aliphatic rings. The molecule has 5 aromatic rings. The maximum atomic E-state index is 15.2. The second-order valence-corrected chi connectivity index (χ2v) is 14.7. The lowest BCUT2D eigenvalue weighted by atomic mass is 9.90. The van der Waals surface area contributed by atoms with Gasteiger partial charge < -0.3 is 28.8 Å². The number of aromatic nitrogens is 1. The number of morpholine rings is 1. The summed E-state index contributed by atoms with van der Waals surface area (Å²) < 4.78 is 34.1. The lowest BCUT2D eigenvalue weighted by molar-refractivity contribution is 0.0308. The van der Waals surface area contributed by atoms with Crippen molar-refractivity contribution in [3.8, 4) is 28.5 Å². The number of hydrogen-bond acceptors (Lipinski definition) is 7. The number of benzene rings is 4. The summed E-state index contributed by atoms with van der Waals surface area (Å²) in [5, 5.41) is 10.1. The molecule has 10 nitrogen and oxygen atoms in total. The van der Waals surface area contributed by atoms with Crippen LogP contribution in [-0.2, 0) is 30.7 Å². The van der Waals surface area contributed by atoms with Gasteiger partial charge in [0.15, 0.2) is 11.5 Å². The maximum absolute atomic E-state index is 15.2. The zero-order chi connectivity index (χ0) is 37.5. The Hall–Kier alpha value is -5.65. The number of anilines is 2. The first-order valence-corrected chi connectivity index (χ1v) is 19.1. The van der Waals surface area contributed by atoms with Gasteiger partial charge >= 0.3 is 0 Å². The van der Waals surface area contributed by atoms with Crippen LogP contribution >= 0.6 is 0 Å². The number of rotatable bonds is 8. The van der Waals surface area contributed by atoms with Gasteiger partial charge in [-0.15, -0.1) is 0 Å². The van der Waals surface area contributed by atoms with E-state index in [1.165, 1.54) is 34.7 Å². The number of phenols is 1. The minimum atomic E-state index is -0.472. The molecule has 1 aromatic heterocycles. The number of nitrogens with zero attached hydrogens (tertiary/aromatic N) is 4. The van der Waals surface area contributed by atoms with Crippen molar-refractivity contribution >= 4 is 23.2 Å². The Bertz CT molecular complexity index is 2250. The first-order valence-electron chi connectivity index (χ1n) is 19.1. The van der Waals surface area contributed by atoms with Crippen molar-refractivity contribution in [2.45, 2.75) is 51.2 Å².